The second-order valence-corrected chi connectivity index (χ2v) is 16.3. The highest BCUT2D eigenvalue weighted by molar-refractivity contribution is 5.78. The number of hydrogen-bond donors (Lipinski definition) is 0. The summed E-state index contributed by atoms with van der Waals surface area (Å²) >= 11 is 0. The Balaban J connectivity index is 1.12. The first-order chi connectivity index (χ1) is 30.0. The van der Waals surface area contributed by atoms with E-state index >= 15 is 0 Å². The maximum atomic E-state index is 2.47. The average Bonchev–Trinajstić information content (AvgIpc) is 3.30. The minimum atomic E-state index is 0.234. The summed E-state index contributed by atoms with van der Waals surface area (Å²) in [5, 5.41) is 0. The lowest BCUT2D eigenvalue weighted by Crippen LogP contribution is -2.29. The molecule has 0 saturated carbocycles. The maximum absolute atomic E-state index is 2.47. The number of nitrogens with zero attached hydrogens (tertiary/aromatic N) is 4. The summed E-state index contributed by atoms with van der Waals surface area (Å²) in [6, 6.07) is 55.8. The van der Waals surface area contributed by atoms with Crippen LogP contribution < -0.4 is 19.6 Å². The molecule has 0 aromatic heterocycles. The third-order valence-electron chi connectivity index (χ3n) is 11.8. The Labute approximate surface area is 362 Å². The molecule has 3 aliphatic rings. The Bertz CT molecular complexity index is 2660. The molecule has 6 aromatic carbocycles. The molecule has 0 radical (unpaired) electrons. The number of benzene rings is 6. The normalized spacial score (nSPS) is 15.7. The van der Waals surface area contributed by atoms with E-state index in [2.05, 4.69) is 247 Å². The molecule has 61 heavy (non-hydrogen) atoms. The van der Waals surface area contributed by atoms with E-state index in [9.17, 15) is 0 Å². The van der Waals surface area contributed by atoms with Crippen LogP contribution in [0.25, 0.3) is 0 Å². The van der Waals surface area contributed by atoms with E-state index in [1.165, 1.54) is 62.2 Å². The van der Waals surface area contributed by atoms with Crippen molar-refractivity contribution in [3.8, 4) is 0 Å². The number of allylic oxidation sites excluding steroid dienone is 9. The highest BCUT2D eigenvalue weighted by Crippen LogP contribution is 2.42. The van der Waals surface area contributed by atoms with Gasteiger partial charge < -0.3 is 19.6 Å². The summed E-state index contributed by atoms with van der Waals surface area (Å²) in [5.74, 6) is 0. The van der Waals surface area contributed by atoms with Gasteiger partial charge in [0, 0.05) is 62.6 Å². The summed E-state index contributed by atoms with van der Waals surface area (Å²) in [4.78, 5) is 9.73. The highest BCUT2D eigenvalue weighted by atomic mass is 15.2. The molecule has 0 saturated heterocycles. The molecular formula is C57H54N4. The predicted molar refractivity (Wildman–Crippen MR) is 260 cm³/mol. The van der Waals surface area contributed by atoms with Crippen LogP contribution in [0, 0.1) is 20.8 Å². The second-order valence-electron chi connectivity index (χ2n) is 16.3. The monoisotopic (exact) mass is 794 g/mol. The van der Waals surface area contributed by atoms with E-state index in [-0.39, 0.29) is 6.04 Å². The van der Waals surface area contributed by atoms with Crippen LogP contribution in [0.4, 0.5) is 45.5 Å². The zero-order valence-electron chi connectivity index (χ0n) is 35.5. The van der Waals surface area contributed by atoms with Crippen molar-refractivity contribution >= 4 is 45.5 Å². The first-order valence-corrected chi connectivity index (χ1v) is 21.7. The molecular weight excluding hydrogens is 741 g/mol. The molecule has 1 atom stereocenters. The summed E-state index contributed by atoms with van der Waals surface area (Å²) in [7, 11) is 0. The quantitative estimate of drug-likeness (QED) is 0.122. The van der Waals surface area contributed by atoms with Crippen LogP contribution in [-0.4, -0.2) is 6.04 Å². The predicted octanol–water partition coefficient (Wildman–Crippen LogP) is 15.5. The van der Waals surface area contributed by atoms with Gasteiger partial charge in [0.1, 0.15) is 0 Å². The van der Waals surface area contributed by atoms with E-state index < -0.39 is 0 Å². The molecule has 0 fully saturated rings. The summed E-state index contributed by atoms with van der Waals surface area (Å²) in [6.45, 7) is 6.51. The summed E-state index contributed by atoms with van der Waals surface area (Å²) in [5.41, 5.74) is 16.8. The maximum Gasteiger partial charge on any atom is 0.0559 e. The molecule has 0 amide bonds. The van der Waals surface area contributed by atoms with Gasteiger partial charge in [0.25, 0.3) is 0 Å². The molecule has 9 rings (SSSR count). The van der Waals surface area contributed by atoms with Crippen molar-refractivity contribution in [2.75, 3.05) is 19.6 Å². The van der Waals surface area contributed by atoms with Crippen molar-refractivity contribution < 1.29 is 0 Å². The molecule has 0 bridgehead atoms. The first-order valence-electron chi connectivity index (χ1n) is 21.7. The molecule has 4 heteroatoms. The van der Waals surface area contributed by atoms with Crippen molar-refractivity contribution in [2.24, 2.45) is 0 Å². The van der Waals surface area contributed by atoms with Crippen molar-refractivity contribution in [1.82, 2.24) is 0 Å². The number of aryl methyl sites for hydroxylation is 3. The van der Waals surface area contributed by atoms with Crippen LogP contribution in [-0.2, 0) is 0 Å². The lowest BCUT2D eigenvalue weighted by molar-refractivity contribution is 0.784. The minimum Gasteiger partial charge on any atom is -0.334 e. The Hall–Kier alpha value is -7.04. The molecule has 302 valence electrons. The van der Waals surface area contributed by atoms with Gasteiger partial charge in [-0.1, -0.05) is 91.1 Å². The average molecular weight is 795 g/mol. The van der Waals surface area contributed by atoms with Gasteiger partial charge in [0.05, 0.1) is 6.04 Å². The van der Waals surface area contributed by atoms with Gasteiger partial charge in [0.2, 0.25) is 0 Å². The topological polar surface area (TPSA) is 13.0 Å². The highest BCUT2D eigenvalue weighted by Gasteiger charge is 2.24. The smallest absolute Gasteiger partial charge is 0.0559 e. The van der Waals surface area contributed by atoms with Crippen molar-refractivity contribution in [1.29, 1.82) is 0 Å². The summed E-state index contributed by atoms with van der Waals surface area (Å²) in [6.07, 6.45) is 25.3. The van der Waals surface area contributed by atoms with E-state index in [1.54, 1.807) is 0 Å². The number of rotatable bonds is 12. The standard InChI is InChI=1S/C57H54N4/c1-43-16-13-25-55(40-43)59(46-19-7-4-8-20-46)52-34-28-49(29-35-52)58(50-30-36-53(37-31-50)60(47-21-9-5-10-22-47)56-26-14-17-44(2)41-56)51-32-38-54(39-33-51)61(48-23-11-6-12-24-48)57-27-15-18-45(3)42-57/h4-5,7-11,13-21,23-28,30-34,36-42,47H,6,12,22,29,35H2,1-3H3. The fraction of sp³-hybridized carbons (Fsp3) is 0.158. The second kappa shape index (κ2) is 18.1. The van der Waals surface area contributed by atoms with Crippen molar-refractivity contribution in [2.45, 2.75) is 58.9 Å². The van der Waals surface area contributed by atoms with Gasteiger partial charge in [-0.2, -0.15) is 0 Å². The van der Waals surface area contributed by atoms with Crippen LogP contribution in [0.5, 0.6) is 0 Å². The lowest BCUT2D eigenvalue weighted by atomic mass is 10.0. The van der Waals surface area contributed by atoms with Gasteiger partial charge in [-0.25, -0.2) is 0 Å². The molecule has 4 nitrogen and oxygen atoms in total. The van der Waals surface area contributed by atoms with Gasteiger partial charge in [0.15, 0.2) is 0 Å². The molecule has 6 aromatic rings. The third kappa shape index (κ3) is 8.81. The number of anilines is 8. The van der Waals surface area contributed by atoms with Crippen molar-refractivity contribution in [3.05, 3.63) is 240 Å². The number of hydrogen-bond acceptors (Lipinski definition) is 4. The van der Waals surface area contributed by atoms with Crippen LogP contribution in [0.3, 0.4) is 0 Å². The molecule has 1 unspecified atom stereocenters. The SMILES string of the molecule is Cc1cccc(N(C2=CCCC=C2)c2ccc(N(C3=CC=C(N(c4ccccc4)c4cccc(C)c4)CC3)c3ccc(N(c4cccc(C)c4)C4C=CC=CC4)cc3)cc2)c1. The Morgan fingerprint density at radius 3 is 1.44 bits per heavy atom. The number of para-hydroxylation sites is 1. The zero-order chi connectivity index (χ0) is 41.5. The van der Waals surface area contributed by atoms with Crippen LogP contribution >= 0.6 is 0 Å². The molecule has 0 aliphatic heterocycles. The van der Waals surface area contributed by atoms with E-state index in [0.717, 1.165) is 49.2 Å². The molecule has 0 spiro atoms. The van der Waals surface area contributed by atoms with Gasteiger partial charge >= 0.3 is 0 Å². The van der Waals surface area contributed by atoms with Crippen LogP contribution in [0.1, 0.15) is 48.8 Å². The van der Waals surface area contributed by atoms with Crippen molar-refractivity contribution in [3.63, 3.8) is 0 Å². The van der Waals surface area contributed by atoms with Gasteiger partial charge in [-0.3, -0.25) is 0 Å². The van der Waals surface area contributed by atoms with Gasteiger partial charge in [-0.15, -0.1) is 0 Å². The van der Waals surface area contributed by atoms with E-state index in [0.29, 0.717) is 0 Å². The fourth-order valence-corrected chi connectivity index (χ4v) is 8.86. The largest absolute Gasteiger partial charge is 0.334 e. The Kier molecular flexibility index (Phi) is 11.7. The first kappa shape index (κ1) is 39.4. The molecule has 3 aliphatic carbocycles. The third-order valence-corrected chi connectivity index (χ3v) is 11.8. The zero-order valence-corrected chi connectivity index (χ0v) is 35.5. The van der Waals surface area contributed by atoms with Gasteiger partial charge in [-0.05, 0) is 185 Å². The lowest BCUT2D eigenvalue weighted by Gasteiger charge is -2.35. The van der Waals surface area contributed by atoms with Crippen LogP contribution in [0.2, 0.25) is 0 Å². The Morgan fingerprint density at radius 1 is 0.426 bits per heavy atom. The Morgan fingerprint density at radius 2 is 0.918 bits per heavy atom. The summed E-state index contributed by atoms with van der Waals surface area (Å²) < 4.78 is 0. The van der Waals surface area contributed by atoms with E-state index in [1.807, 2.05) is 0 Å². The minimum absolute atomic E-state index is 0.234. The van der Waals surface area contributed by atoms with Crippen LogP contribution in [0.15, 0.2) is 223 Å². The molecule has 0 heterocycles. The van der Waals surface area contributed by atoms with E-state index in [4.69, 9.17) is 0 Å². The fourth-order valence-electron chi connectivity index (χ4n) is 8.86. The molecule has 0 N–H and O–H groups in total.